The van der Waals surface area contributed by atoms with E-state index in [1.807, 2.05) is 49.4 Å². The molecule has 0 spiro atoms. The van der Waals surface area contributed by atoms with Gasteiger partial charge in [-0.1, -0.05) is 42.5 Å². The molecule has 2 amide bonds. The monoisotopic (exact) mass is 412 g/mol. The molecule has 2 aromatic carbocycles. The molecular formula is C23H28N2O3S. The van der Waals surface area contributed by atoms with Crippen molar-refractivity contribution in [1.82, 2.24) is 10.6 Å². The maximum Gasteiger partial charge on any atom is 0.258 e. The van der Waals surface area contributed by atoms with E-state index in [4.69, 9.17) is 4.74 Å². The Morgan fingerprint density at radius 3 is 2.48 bits per heavy atom. The standard InChI is InChI=1S/C23H28N2O3S/c1-17(29-16-19-5-3-2-4-6-19)23(27)24-14-13-18-7-11-21(12-8-18)28-15-22(26)25-20-9-10-20/h2-8,11-12,17,20H,9-10,13-16H2,1H3,(H,24,27)(H,25,26). The minimum absolute atomic E-state index is 0.0461. The minimum atomic E-state index is -0.0900. The summed E-state index contributed by atoms with van der Waals surface area (Å²) in [5.74, 6) is 1.50. The van der Waals surface area contributed by atoms with Crippen molar-refractivity contribution in [3.05, 3.63) is 65.7 Å². The number of benzene rings is 2. The van der Waals surface area contributed by atoms with Crippen LogP contribution in [0.2, 0.25) is 0 Å². The van der Waals surface area contributed by atoms with Crippen LogP contribution in [0, 0.1) is 0 Å². The third kappa shape index (κ3) is 7.81. The smallest absolute Gasteiger partial charge is 0.258 e. The highest BCUT2D eigenvalue weighted by atomic mass is 32.2. The predicted molar refractivity (Wildman–Crippen MR) is 117 cm³/mol. The number of carbonyl (C=O) groups excluding carboxylic acids is 2. The third-order valence-corrected chi connectivity index (χ3v) is 5.87. The van der Waals surface area contributed by atoms with Gasteiger partial charge in [0.25, 0.3) is 5.91 Å². The van der Waals surface area contributed by atoms with Crippen LogP contribution in [0.4, 0.5) is 0 Å². The first-order valence-corrected chi connectivity index (χ1v) is 11.1. The summed E-state index contributed by atoms with van der Waals surface area (Å²) in [6.45, 7) is 2.58. The van der Waals surface area contributed by atoms with Crippen LogP contribution in [-0.4, -0.2) is 36.3 Å². The van der Waals surface area contributed by atoms with Crippen LogP contribution in [0.5, 0.6) is 5.75 Å². The molecule has 154 valence electrons. The molecule has 1 unspecified atom stereocenters. The summed E-state index contributed by atoms with van der Waals surface area (Å²) in [5, 5.41) is 5.81. The molecule has 0 radical (unpaired) electrons. The largest absolute Gasteiger partial charge is 0.484 e. The lowest BCUT2D eigenvalue weighted by Gasteiger charge is -2.12. The molecule has 6 heteroatoms. The van der Waals surface area contributed by atoms with Crippen molar-refractivity contribution >= 4 is 23.6 Å². The van der Waals surface area contributed by atoms with Crippen molar-refractivity contribution in [3.63, 3.8) is 0 Å². The molecule has 0 aliphatic heterocycles. The number of ether oxygens (including phenoxy) is 1. The van der Waals surface area contributed by atoms with Gasteiger partial charge in [0.15, 0.2) is 6.61 Å². The summed E-state index contributed by atoms with van der Waals surface area (Å²) >= 11 is 1.64. The Hall–Kier alpha value is -2.47. The van der Waals surface area contributed by atoms with Gasteiger partial charge in [0.2, 0.25) is 5.91 Å². The number of thioether (sulfide) groups is 1. The second-order valence-corrected chi connectivity index (χ2v) is 8.58. The normalized spacial score (nSPS) is 14.1. The van der Waals surface area contributed by atoms with E-state index in [0.717, 1.165) is 30.6 Å². The van der Waals surface area contributed by atoms with Crippen LogP contribution < -0.4 is 15.4 Å². The van der Waals surface area contributed by atoms with Gasteiger partial charge in [-0.3, -0.25) is 9.59 Å². The summed E-state index contributed by atoms with van der Waals surface area (Å²) in [6.07, 6.45) is 2.90. The predicted octanol–water partition coefficient (Wildman–Crippen LogP) is 3.32. The van der Waals surface area contributed by atoms with Gasteiger partial charge in [0.05, 0.1) is 5.25 Å². The number of rotatable bonds is 11. The molecule has 0 heterocycles. The van der Waals surface area contributed by atoms with Crippen LogP contribution in [0.15, 0.2) is 54.6 Å². The molecule has 0 aromatic heterocycles. The average molecular weight is 413 g/mol. The zero-order valence-corrected chi connectivity index (χ0v) is 17.5. The molecule has 2 N–H and O–H groups in total. The van der Waals surface area contributed by atoms with Gasteiger partial charge in [-0.2, -0.15) is 0 Å². The highest BCUT2D eigenvalue weighted by Gasteiger charge is 2.23. The van der Waals surface area contributed by atoms with E-state index in [2.05, 4.69) is 22.8 Å². The third-order valence-electron chi connectivity index (χ3n) is 4.66. The van der Waals surface area contributed by atoms with E-state index in [1.54, 1.807) is 11.8 Å². The van der Waals surface area contributed by atoms with Crippen molar-refractivity contribution in [1.29, 1.82) is 0 Å². The molecule has 2 aromatic rings. The van der Waals surface area contributed by atoms with Gasteiger partial charge >= 0.3 is 0 Å². The number of hydrogen-bond acceptors (Lipinski definition) is 4. The minimum Gasteiger partial charge on any atom is -0.484 e. The maximum atomic E-state index is 12.2. The van der Waals surface area contributed by atoms with Crippen LogP contribution in [0.25, 0.3) is 0 Å². The second kappa shape index (κ2) is 10.9. The van der Waals surface area contributed by atoms with Crippen molar-refractivity contribution in [3.8, 4) is 5.75 Å². The van der Waals surface area contributed by atoms with Gasteiger partial charge in [-0.15, -0.1) is 11.8 Å². The van der Waals surface area contributed by atoms with Crippen molar-refractivity contribution in [2.75, 3.05) is 13.2 Å². The fourth-order valence-corrected chi connectivity index (χ4v) is 3.61. The lowest BCUT2D eigenvalue weighted by molar-refractivity contribution is -0.123. The van der Waals surface area contributed by atoms with Gasteiger partial charge in [0.1, 0.15) is 5.75 Å². The highest BCUT2D eigenvalue weighted by Crippen LogP contribution is 2.19. The Morgan fingerprint density at radius 2 is 1.79 bits per heavy atom. The lowest BCUT2D eigenvalue weighted by Crippen LogP contribution is -2.32. The number of nitrogens with one attached hydrogen (secondary N) is 2. The summed E-state index contributed by atoms with van der Waals surface area (Å²) < 4.78 is 5.50. The van der Waals surface area contributed by atoms with E-state index in [1.165, 1.54) is 5.56 Å². The quantitative estimate of drug-likeness (QED) is 0.594. The fourth-order valence-electron chi connectivity index (χ4n) is 2.74. The Balaban J connectivity index is 1.31. The Labute approximate surface area is 176 Å². The molecule has 1 saturated carbocycles. The lowest BCUT2D eigenvalue weighted by atomic mass is 10.1. The molecule has 0 bridgehead atoms. The van der Waals surface area contributed by atoms with Crippen molar-refractivity contribution < 1.29 is 14.3 Å². The highest BCUT2D eigenvalue weighted by molar-refractivity contribution is 7.99. The zero-order chi connectivity index (χ0) is 20.5. The van der Waals surface area contributed by atoms with Gasteiger partial charge in [-0.25, -0.2) is 0 Å². The van der Waals surface area contributed by atoms with E-state index in [9.17, 15) is 9.59 Å². The van der Waals surface area contributed by atoms with Crippen LogP contribution >= 0.6 is 11.8 Å². The van der Waals surface area contributed by atoms with E-state index < -0.39 is 0 Å². The molecular weight excluding hydrogens is 384 g/mol. The Kier molecular flexibility index (Phi) is 7.99. The van der Waals surface area contributed by atoms with Crippen LogP contribution in [0.1, 0.15) is 30.9 Å². The van der Waals surface area contributed by atoms with Gasteiger partial charge < -0.3 is 15.4 Å². The summed E-state index contributed by atoms with van der Waals surface area (Å²) in [4.78, 5) is 23.9. The van der Waals surface area contributed by atoms with E-state index >= 15 is 0 Å². The first-order chi connectivity index (χ1) is 14.1. The molecule has 1 aliphatic rings. The molecule has 29 heavy (non-hydrogen) atoms. The molecule has 3 rings (SSSR count). The summed E-state index contributed by atoms with van der Waals surface area (Å²) in [6, 6.07) is 18.2. The second-order valence-electron chi connectivity index (χ2n) is 7.25. The van der Waals surface area contributed by atoms with E-state index in [0.29, 0.717) is 18.3 Å². The van der Waals surface area contributed by atoms with Crippen molar-refractivity contribution in [2.24, 2.45) is 0 Å². The fraction of sp³-hybridized carbons (Fsp3) is 0.391. The average Bonchev–Trinajstić information content (AvgIpc) is 3.56. The SMILES string of the molecule is CC(SCc1ccccc1)C(=O)NCCc1ccc(OCC(=O)NC2CC2)cc1. The molecule has 5 nitrogen and oxygen atoms in total. The molecule has 1 aliphatic carbocycles. The maximum absolute atomic E-state index is 12.2. The Bertz CT molecular complexity index is 792. The topological polar surface area (TPSA) is 67.4 Å². The summed E-state index contributed by atoms with van der Waals surface area (Å²) in [7, 11) is 0. The zero-order valence-electron chi connectivity index (χ0n) is 16.7. The van der Waals surface area contributed by atoms with E-state index in [-0.39, 0.29) is 23.7 Å². The first-order valence-electron chi connectivity index (χ1n) is 10.0. The van der Waals surface area contributed by atoms with Crippen LogP contribution in [-0.2, 0) is 21.8 Å². The number of hydrogen-bond donors (Lipinski definition) is 2. The van der Waals surface area contributed by atoms with Crippen molar-refractivity contribution in [2.45, 2.75) is 43.2 Å². The molecule has 0 saturated heterocycles. The number of carbonyl (C=O) groups is 2. The first kappa shape index (κ1) is 21.2. The van der Waals surface area contributed by atoms with Gasteiger partial charge in [0, 0.05) is 18.3 Å². The van der Waals surface area contributed by atoms with Crippen LogP contribution in [0.3, 0.4) is 0 Å². The Morgan fingerprint density at radius 1 is 1.07 bits per heavy atom. The summed E-state index contributed by atoms with van der Waals surface area (Å²) in [5.41, 5.74) is 2.34. The molecule has 1 fully saturated rings. The number of amides is 2. The molecule has 1 atom stereocenters. The van der Waals surface area contributed by atoms with Gasteiger partial charge in [-0.05, 0) is 49.4 Å².